The number of nitrogens with one attached hydrogen (secondary N) is 1. The van der Waals surface area contributed by atoms with Gasteiger partial charge in [0.05, 0.1) is 0 Å². The zero-order valence-electron chi connectivity index (χ0n) is 9.87. The quantitative estimate of drug-likeness (QED) is 0.618. The average molecular weight is 237 g/mol. The van der Waals surface area contributed by atoms with E-state index >= 15 is 0 Å². The summed E-state index contributed by atoms with van der Waals surface area (Å²) in [6, 6.07) is 5.59. The van der Waals surface area contributed by atoms with Crippen molar-refractivity contribution in [2.24, 2.45) is 5.92 Å². The normalized spacial score (nSPS) is 18.2. The molecular weight excluding hydrogens is 220 g/mol. The first kappa shape index (κ1) is 12.9. The number of terminal acetylenes is 1. The Morgan fingerprint density at radius 2 is 2.12 bits per heavy atom. The Kier molecular flexibility index (Phi) is 3.83. The molecule has 1 rings (SSSR count). The number of halogens is 1. The number of aromatic nitrogens is 1. The summed E-state index contributed by atoms with van der Waals surface area (Å²) in [6.07, 6.45) is 7.30. The lowest BCUT2D eigenvalue weighted by Gasteiger charge is -2.31. The summed E-state index contributed by atoms with van der Waals surface area (Å²) in [6.45, 7) is 5.88. The van der Waals surface area contributed by atoms with E-state index < -0.39 is 4.87 Å². The highest BCUT2D eigenvalue weighted by Crippen LogP contribution is 2.32. The van der Waals surface area contributed by atoms with Crippen molar-refractivity contribution in [3.63, 3.8) is 0 Å². The minimum absolute atomic E-state index is 0.0793. The predicted octanol–water partition coefficient (Wildman–Crippen LogP) is 2.80. The lowest BCUT2D eigenvalue weighted by Crippen LogP contribution is -2.35. The van der Waals surface area contributed by atoms with Crippen LogP contribution < -0.4 is 5.49 Å². The molecule has 0 bridgehead atoms. The first-order valence-electron chi connectivity index (χ1n) is 5.28. The summed E-state index contributed by atoms with van der Waals surface area (Å²) >= 11 is 6.26. The molecule has 1 aromatic rings. The van der Waals surface area contributed by atoms with Gasteiger partial charge in [0.15, 0.2) is 0 Å². The molecule has 1 unspecified atom stereocenters. The fraction of sp³-hybridized carbons (Fsp3) is 0.462. The molecule has 0 radical (unpaired) electrons. The first-order chi connectivity index (χ1) is 7.40. The van der Waals surface area contributed by atoms with Crippen LogP contribution in [0.15, 0.2) is 24.4 Å². The molecule has 86 valence electrons. The molecule has 3 atom stereocenters. The fourth-order valence-electron chi connectivity index (χ4n) is 1.64. The highest BCUT2D eigenvalue weighted by atomic mass is 35.5. The second kappa shape index (κ2) is 4.76. The molecule has 1 aromatic heterocycles. The molecule has 0 aliphatic carbocycles. The van der Waals surface area contributed by atoms with Crippen LogP contribution >= 0.6 is 11.6 Å². The average Bonchev–Trinajstić information content (AvgIpc) is 2.27. The zero-order valence-corrected chi connectivity index (χ0v) is 10.6. The number of nitrogens with zero attached hydrogens (tertiary/aromatic N) is 1. The van der Waals surface area contributed by atoms with Crippen LogP contribution in [0, 0.1) is 23.7 Å². The number of hydrogen-bond acceptors (Lipinski definition) is 1. The van der Waals surface area contributed by atoms with Gasteiger partial charge in [-0.2, -0.15) is 0 Å². The van der Waals surface area contributed by atoms with Gasteiger partial charge >= 0.3 is 0 Å². The highest BCUT2D eigenvalue weighted by molar-refractivity contribution is 6.25. The van der Waals surface area contributed by atoms with E-state index in [1.165, 1.54) is 0 Å². The van der Waals surface area contributed by atoms with Crippen LogP contribution in [0.3, 0.4) is 0 Å². The van der Waals surface area contributed by atoms with E-state index in [-0.39, 0.29) is 12.0 Å². The van der Waals surface area contributed by atoms with E-state index in [2.05, 4.69) is 5.92 Å². The fourth-order valence-corrected chi connectivity index (χ4v) is 1.82. The molecule has 0 saturated heterocycles. The van der Waals surface area contributed by atoms with E-state index in [9.17, 15) is 0 Å². The largest absolute Gasteiger partial charge is 0.330 e. The lowest BCUT2D eigenvalue weighted by atomic mass is 9.89. The molecule has 0 aromatic carbocycles. The predicted molar refractivity (Wildman–Crippen MR) is 67.3 cm³/mol. The monoisotopic (exact) mass is 236 g/mol. The number of rotatable bonds is 3. The summed E-state index contributed by atoms with van der Waals surface area (Å²) in [4.78, 5) is -0.686. The van der Waals surface area contributed by atoms with Gasteiger partial charge < -0.3 is 4.57 Å². The van der Waals surface area contributed by atoms with E-state index in [1.807, 2.05) is 43.7 Å². The van der Waals surface area contributed by atoms with Gasteiger partial charge in [0.25, 0.3) is 0 Å². The SMILES string of the molecule is C#CC(C)(Cl)[C@@H](C)[C@@H](C)n1ccccc1=N. The third-order valence-corrected chi connectivity index (χ3v) is 3.64. The van der Waals surface area contributed by atoms with Gasteiger partial charge in [-0.3, -0.25) is 5.41 Å². The summed E-state index contributed by atoms with van der Waals surface area (Å²) < 4.78 is 1.88. The van der Waals surface area contributed by atoms with Crippen LogP contribution in [0.4, 0.5) is 0 Å². The third kappa shape index (κ3) is 2.48. The molecule has 0 aliphatic rings. The van der Waals surface area contributed by atoms with Crippen molar-refractivity contribution >= 4 is 11.6 Å². The molecule has 1 N–H and O–H groups in total. The molecule has 0 amide bonds. The Hall–Kier alpha value is -1.20. The molecule has 1 heterocycles. The second-order valence-electron chi connectivity index (χ2n) is 4.24. The Morgan fingerprint density at radius 3 is 2.62 bits per heavy atom. The zero-order chi connectivity index (χ0) is 12.3. The smallest absolute Gasteiger partial charge is 0.124 e. The van der Waals surface area contributed by atoms with Crippen molar-refractivity contribution in [2.45, 2.75) is 31.7 Å². The number of pyridine rings is 1. The summed E-state index contributed by atoms with van der Waals surface area (Å²) in [5.74, 6) is 2.68. The molecule has 0 saturated carbocycles. The van der Waals surface area contributed by atoms with Gasteiger partial charge in [-0.15, -0.1) is 18.0 Å². The lowest BCUT2D eigenvalue weighted by molar-refractivity contribution is 0.331. The maximum absolute atomic E-state index is 7.82. The van der Waals surface area contributed by atoms with E-state index in [0.29, 0.717) is 5.49 Å². The van der Waals surface area contributed by atoms with Crippen LogP contribution in [0.1, 0.15) is 26.8 Å². The topological polar surface area (TPSA) is 28.8 Å². The first-order valence-corrected chi connectivity index (χ1v) is 5.66. The van der Waals surface area contributed by atoms with Gasteiger partial charge in [0.2, 0.25) is 0 Å². The third-order valence-electron chi connectivity index (χ3n) is 3.19. The Morgan fingerprint density at radius 1 is 1.50 bits per heavy atom. The van der Waals surface area contributed by atoms with Gasteiger partial charge in [0, 0.05) is 18.2 Å². The maximum Gasteiger partial charge on any atom is 0.124 e. The molecule has 0 fully saturated rings. The minimum atomic E-state index is -0.686. The van der Waals surface area contributed by atoms with Crippen molar-refractivity contribution < 1.29 is 0 Å². The van der Waals surface area contributed by atoms with Crippen LogP contribution in [-0.2, 0) is 0 Å². The molecule has 16 heavy (non-hydrogen) atoms. The molecule has 2 nitrogen and oxygen atoms in total. The van der Waals surface area contributed by atoms with Gasteiger partial charge in [0.1, 0.15) is 10.4 Å². The second-order valence-corrected chi connectivity index (χ2v) is 5.03. The van der Waals surface area contributed by atoms with Crippen LogP contribution in [0.25, 0.3) is 0 Å². The Bertz CT molecular complexity index is 453. The van der Waals surface area contributed by atoms with E-state index in [4.69, 9.17) is 23.4 Å². The van der Waals surface area contributed by atoms with Gasteiger partial charge in [-0.05, 0) is 26.0 Å². The number of alkyl halides is 1. The Labute approximate surface area is 102 Å². The molecular formula is C13H17ClN2. The van der Waals surface area contributed by atoms with Crippen LogP contribution in [-0.4, -0.2) is 9.44 Å². The van der Waals surface area contributed by atoms with Gasteiger partial charge in [-0.1, -0.05) is 18.9 Å². The van der Waals surface area contributed by atoms with E-state index in [0.717, 1.165) is 0 Å². The standard InChI is InChI=1S/C13H17ClN2/c1-5-13(4,14)10(2)11(3)16-9-7-6-8-12(16)15/h1,6-11,15H,2-4H3/t10-,11+,13?/m0/s1. The molecule has 3 heteroatoms. The summed E-state index contributed by atoms with van der Waals surface area (Å²) in [5.41, 5.74) is 0.464. The van der Waals surface area contributed by atoms with Crippen molar-refractivity contribution in [3.8, 4) is 12.3 Å². The van der Waals surface area contributed by atoms with Crippen LogP contribution in [0.2, 0.25) is 0 Å². The maximum atomic E-state index is 7.82. The summed E-state index contributed by atoms with van der Waals surface area (Å²) in [7, 11) is 0. The van der Waals surface area contributed by atoms with Crippen molar-refractivity contribution in [1.82, 2.24) is 4.57 Å². The van der Waals surface area contributed by atoms with Crippen LogP contribution in [0.5, 0.6) is 0 Å². The van der Waals surface area contributed by atoms with Crippen molar-refractivity contribution in [2.75, 3.05) is 0 Å². The minimum Gasteiger partial charge on any atom is -0.330 e. The van der Waals surface area contributed by atoms with Crippen molar-refractivity contribution in [1.29, 1.82) is 5.41 Å². The highest BCUT2D eigenvalue weighted by Gasteiger charge is 2.31. The summed E-state index contributed by atoms with van der Waals surface area (Å²) in [5, 5.41) is 7.82. The Balaban J connectivity index is 3.05. The molecule has 0 spiro atoms. The van der Waals surface area contributed by atoms with Crippen molar-refractivity contribution in [3.05, 3.63) is 29.9 Å². The van der Waals surface area contributed by atoms with Gasteiger partial charge in [-0.25, -0.2) is 0 Å². The molecule has 0 aliphatic heterocycles. The van der Waals surface area contributed by atoms with E-state index in [1.54, 1.807) is 6.07 Å². The number of hydrogen-bond donors (Lipinski definition) is 1.